The van der Waals surface area contributed by atoms with Gasteiger partial charge in [-0.15, -0.1) is 0 Å². The van der Waals surface area contributed by atoms with Gasteiger partial charge in [0.1, 0.15) is 0 Å². The maximum absolute atomic E-state index is 6.47. The Bertz CT molecular complexity index is 253. The number of rotatable bonds is 6. The predicted molar refractivity (Wildman–Crippen MR) is 74.8 cm³/mol. The van der Waals surface area contributed by atoms with E-state index in [1.807, 2.05) is 0 Å². The minimum absolute atomic E-state index is 0.0521. The second kappa shape index (κ2) is 6.38. The summed E-state index contributed by atoms with van der Waals surface area (Å²) in [6, 6.07) is 0. The van der Waals surface area contributed by atoms with Gasteiger partial charge in [0.25, 0.3) is 0 Å². The van der Waals surface area contributed by atoms with E-state index in [0.717, 1.165) is 12.8 Å². The first-order valence-electron chi connectivity index (χ1n) is 8.07. The van der Waals surface area contributed by atoms with Crippen molar-refractivity contribution in [2.75, 3.05) is 0 Å². The first-order chi connectivity index (χ1) is 8.74. The van der Waals surface area contributed by atoms with Crippen molar-refractivity contribution in [1.29, 1.82) is 0 Å². The van der Waals surface area contributed by atoms with Crippen LogP contribution in [0.1, 0.15) is 78.6 Å². The van der Waals surface area contributed by atoms with Gasteiger partial charge in [-0.05, 0) is 32.1 Å². The van der Waals surface area contributed by atoms with Crippen LogP contribution in [0.4, 0.5) is 0 Å². The molecule has 0 saturated carbocycles. The van der Waals surface area contributed by atoms with Crippen molar-refractivity contribution in [1.82, 2.24) is 0 Å². The lowest BCUT2D eigenvalue weighted by Gasteiger charge is -2.41. The lowest BCUT2D eigenvalue weighted by Crippen LogP contribution is -2.47. The molecule has 106 valence electrons. The summed E-state index contributed by atoms with van der Waals surface area (Å²) in [6.07, 6.45) is 12.2. The SMILES string of the molecule is CCCC[C@H]1C[C@]2(CC)O[C@@H](CCC)CC[C@@H]2O1. The van der Waals surface area contributed by atoms with Gasteiger partial charge in [-0.3, -0.25) is 0 Å². The van der Waals surface area contributed by atoms with Crippen molar-refractivity contribution in [3.63, 3.8) is 0 Å². The van der Waals surface area contributed by atoms with Crippen molar-refractivity contribution in [3.8, 4) is 0 Å². The van der Waals surface area contributed by atoms with Crippen LogP contribution in [0.5, 0.6) is 0 Å². The van der Waals surface area contributed by atoms with Crippen LogP contribution in [0.15, 0.2) is 0 Å². The van der Waals surface area contributed by atoms with Gasteiger partial charge in [0, 0.05) is 6.42 Å². The van der Waals surface area contributed by atoms with E-state index < -0.39 is 0 Å². The van der Waals surface area contributed by atoms with Gasteiger partial charge in [0.2, 0.25) is 0 Å². The van der Waals surface area contributed by atoms with Gasteiger partial charge in [-0.25, -0.2) is 0 Å². The van der Waals surface area contributed by atoms with Gasteiger partial charge in [-0.1, -0.05) is 40.0 Å². The lowest BCUT2D eigenvalue weighted by molar-refractivity contribution is -0.168. The predicted octanol–water partition coefficient (Wildman–Crippen LogP) is 4.46. The number of hydrogen-bond donors (Lipinski definition) is 0. The number of unbranched alkanes of at least 4 members (excludes halogenated alkanes) is 1. The van der Waals surface area contributed by atoms with E-state index in [2.05, 4.69) is 20.8 Å². The highest BCUT2D eigenvalue weighted by atomic mass is 16.6. The van der Waals surface area contributed by atoms with Crippen molar-refractivity contribution in [2.45, 2.75) is 102 Å². The topological polar surface area (TPSA) is 18.5 Å². The van der Waals surface area contributed by atoms with Crippen LogP contribution in [-0.4, -0.2) is 23.9 Å². The minimum Gasteiger partial charge on any atom is -0.372 e. The molecule has 0 N–H and O–H groups in total. The van der Waals surface area contributed by atoms with Gasteiger partial charge < -0.3 is 9.47 Å². The summed E-state index contributed by atoms with van der Waals surface area (Å²) < 4.78 is 12.7. The molecule has 2 rings (SSSR count). The van der Waals surface area contributed by atoms with Crippen LogP contribution in [0.25, 0.3) is 0 Å². The molecule has 0 aromatic rings. The number of hydrogen-bond acceptors (Lipinski definition) is 2. The third kappa shape index (κ3) is 2.91. The highest BCUT2D eigenvalue weighted by Gasteiger charge is 2.51. The Kier molecular flexibility index (Phi) is 5.08. The second-order valence-corrected chi connectivity index (χ2v) is 6.12. The molecule has 2 aliphatic rings. The monoisotopic (exact) mass is 254 g/mol. The van der Waals surface area contributed by atoms with Crippen LogP contribution in [0, 0.1) is 0 Å². The Morgan fingerprint density at radius 2 is 1.83 bits per heavy atom. The molecule has 2 saturated heterocycles. The standard InChI is InChI=1S/C16H30O2/c1-4-7-9-14-12-16(6-3)15(17-14)11-10-13(18-16)8-5-2/h13-15H,4-12H2,1-3H3/t13-,14-,15-,16-/m0/s1. The molecule has 2 aliphatic heterocycles. The quantitative estimate of drug-likeness (QED) is 0.696. The Morgan fingerprint density at radius 1 is 1.00 bits per heavy atom. The fourth-order valence-corrected chi connectivity index (χ4v) is 3.69. The van der Waals surface area contributed by atoms with E-state index in [4.69, 9.17) is 9.47 Å². The zero-order chi connectivity index (χ0) is 13.0. The summed E-state index contributed by atoms with van der Waals surface area (Å²) in [7, 11) is 0. The minimum atomic E-state index is 0.0521. The largest absolute Gasteiger partial charge is 0.372 e. The molecule has 0 aliphatic carbocycles. The van der Waals surface area contributed by atoms with E-state index in [0.29, 0.717) is 18.3 Å². The Hall–Kier alpha value is -0.0800. The van der Waals surface area contributed by atoms with Crippen molar-refractivity contribution >= 4 is 0 Å². The number of fused-ring (bicyclic) bond motifs is 1. The zero-order valence-corrected chi connectivity index (χ0v) is 12.4. The summed E-state index contributed by atoms with van der Waals surface area (Å²) in [5.74, 6) is 0. The van der Waals surface area contributed by atoms with Gasteiger partial charge in [0.05, 0.1) is 23.9 Å². The third-order valence-electron chi connectivity index (χ3n) is 4.76. The Labute approximate surface area is 112 Å². The van der Waals surface area contributed by atoms with Crippen LogP contribution in [-0.2, 0) is 9.47 Å². The molecule has 4 atom stereocenters. The second-order valence-electron chi connectivity index (χ2n) is 6.12. The van der Waals surface area contributed by atoms with Crippen LogP contribution < -0.4 is 0 Å². The van der Waals surface area contributed by atoms with E-state index in [9.17, 15) is 0 Å². The van der Waals surface area contributed by atoms with Crippen LogP contribution >= 0.6 is 0 Å². The van der Waals surface area contributed by atoms with Gasteiger partial charge in [-0.2, -0.15) is 0 Å². The summed E-state index contributed by atoms with van der Waals surface area (Å²) >= 11 is 0. The van der Waals surface area contributed by atoms with Crippen molar-refractivity contribution in [2.24, 2.45) is 0 Å². The molecule has 2 nitrogen and oxygen atoms in total. The summed E-state index contributed by atoms with van der Waals surface area (Å²) in [5.41, 5.74) is 0.0521. The molecular formula is C16H30O2. The average Bonchev–Trinajstić information content (AvgIpc) is 2.75. The maximum atomic E-state index is 6.47. The molecule has 0 unspecified atom stereocenters. The summed E-state index contributed by atoms with van der Waals surface area (Å²) in [5, 5.41) is 0. The highest BCUT2D eigenvalue weighted by Crippen LogP contribution is 2.45. The van der Waals surface area contributed by atoms with Gasteiger partial charge >= 0.3 is 0 Å². The fraction of sp³-hybridized carbons (Fsp3) is 1.00. The molecule has 0 aromatic heterocycles. The summed E-state index contributed by atoms with van der Waals surface area (Å²) in [6.45, 7) is 6.78. The maximum Gasteiger partial charge on any atom is 0.0968 e. The highest BCUT2D eigenvalue weighted by molar-refractivity contribution is 5.00. The van der Waals surface area contributed by atoms with E-state index in [1.165, 1.54) is 44.9 Å². The van der Waals surface area contributed by atoms with E-state index in [1.54, 1.807) is 0 Å². The normalized spacial score (nSPS) is 39.8. The Balaban J connectivity index is 1.96. The molecule has 0 radical (unpaired) electrons. The molecule has 0 spiro atoms. The lowest BCUT2D eigenvalue weighted by atomic mass is 9.83. The first-order valence-corrected chi connectivity index (χ1v) is 8.07. The number of ether oxygens (including phenoxy) is 2. The summed E-state index contributed by atoms with van der Waals surface area (Å²) in [4.78, 5) is 0. The van der Waals surface area contributed by atoms with Crippen LogP contribution in [0.3, 0.4) is 0 Å². The van der Waals surface area contributed by atoms with Crippen molar-refractivity contribution in [3.05, 3.63) is 0 Å². The average molecular weight is 254 g/mol. The zero-order valence-electron chi connectivity index (χ0n) is 12.4. The fourth-order valence-electron chi connectivity index (χ4n) is 3.69. The van der Waals surface area contributed by atoms with E-state index in [-0.39, 0.29) is 5.60 Å². The molecule has 2 fully saturated rings. The first kappa shape index (κ1) is 14.3. The molecule has 0 aromatic carbocycles. The van der Waals surface area contributed by atoms with Crippen LogP contribution in [0.2, 0.25) is 0 Å². The third-order valence-corrected chi connectivity index (χ3v) is 4.76. The molecule has 18 heavy (non-hydrogen) atoms. The Morgan fingerprint density at radius 3 is 2.50 bits per heavy atom. The molecule has 0 bridgehead atoms. The van der Waals surface area contributed by atoms with Gasteiger partial charge in [0.15, 0.2) is 0 Å². The smallest absolute Gasteiger partial charge is 0.0968 e. The molecular weight excluding hydrogens is 224 g/mol. The molecule has 0 amide bonds. The van der Waals surface area contributed by atoms with E-state index >= 15 is 0 Å². The molecule has 2 heteroatoms. The van der Waals surface area contributed by atoms with Crippen molar-refractivity contribution < 1.29 is 9.47 Å². The molecule has 2 heterocycles.